The van der Waals surface area contributed by atoms with E-state index in [9.17, 15) is 9.59 Å². The topological polar surface area (TPSA) is 74.5 Å². The van der Waals surface area contributed by atoms with Crippen molar-refractivity contribution in [3.8, 4) is 0 Å². The van der Waals surface area contributed by atoms with E-state index in [-0.39, 0.29) is 11.5 Å². The Kier molecular flexibility index (Phi) is 5.93. The standard InChI is InChI=1S/C20H25N3O4/c1-22-16-8-5-4-7-14(16)17-15(19(24)21-9-6-11-26-2)13-23(10-12-27-3)20(25)18(17)22/h4-5,7-8,13H,6,9-12H2,1-3H3,(H,21,24). The second-order valence-electron chi connectivity index (χ2n) is 6.44. The molecule has 144 valence electrons. The lowest BCUT2D eigenvalue weighted by molar-refractivity contribution is 0.0949. The van der Waals surface area contributed by atoms with Crippen molar-refractivity contribution in [2.75, 3.05) is 34.0 Å². The number of nitrogens with zero attached hydrogens (tertiary/aromatic N) is 2. The van der Waals surface area contributed by atoms with Crippen molar-refractivity contribution >= 4 is 27.7 Å². The number of fused-ring (bicyclic) bond motifs is 3. The molecule has 3 rings (SSSR count). The van der Waals surface area contributed by atoms with Crippen molar-refractivity contribution in [3.63, 3.8) is 0 Å². The number of hydrogen-bond donors (Lipinski definition) is 1. The highest BCUT2D eigenvalue weighted by atomic mass is 16.5. The predicted molar refractivity (Wildman–Crippen MR) is 105 cm³/mol. The zero-order chi connectivity index (χ0) is 19.4. The van der Waals surface area contributed by atoms with Crippen molar-refractivity contribution in [1.29, 1.82) is 0 Å². The van der Waals surface area contributed by atoms with E-state index in [1.165, 1.54) is 0 Å². The van der Waals surface area contributed by atoms with Crippen molar-refractivity contribution in [3.05, 3.63) is 46.4 Å². The second kappa shape index (κ2) is 8.37. The largest absolute Gasteiger partial charge is 0.385 e. The molecule has 0 atom stereocenters. The summed E-state index contributed by atoms with van der Waals surface area (Å²) in [4.78, 5) is 25.9. The van der Waals surface area contributed by atoms with Gasteiger partial charge in [0.05, 0.1) is 12.2 Å². The van der Waals surface area contributed by atoms with Gasteiger partial charge in [0.2, 0.25) is 0 Å². The highest BCUT2D eigenvalue weighted by Gasteiger charge is 2.20. The van der Waals surface area contributed by atoms with Gasteiger partial charge >= 0.3 is 0 Å². The predicted octanol–water partition coefficient (Wildman–Crippen LogP) is 1.91. The number of benzene rings is 1. The van der Waals surface area contributed by atoms with Gasteiger partial charge in [0, 0.05) is 63.4 Å². The molecule has 1 N–H and O–H groups in total. The van der Waals surface area contributed by atoms with Crippen LogP contribution >= 0.6 is 0 Å². The maximum Gasteiger partial charge on any atom is 0.275 e. The van der Waals surface area contributed by atoms with Gasteiger partial charge in [-0.1, -0.05) is 18.2 Å². The van der Waals surface area contributed by atoms with Crippen LogP contribution in [0.15, 0.2) is 35.3 Å². The number of nitrogens with one attached hydrogen (secondary N) is 1. The first kappa shape index (κ1) is 19.1. The normalized spacial score (nSPS) is 11.4. The molecule has 3 aromatic rings. The Hall–Kier alpha value is -2.64. The molecule has 1 amide bonds. The molecule has 0 unspecified atom stereocenters. The maximum absolute atomic E-state index is 13.0. The molecule has 0 bridgehead atoms. The molecule has 27 heavy (non-hydrogen) atoms. The number of para-hydroxylation sites is 1. The van der Waals surface area contributed by atoms with Crippen molar-refractivity contribution < 1.29 is 14.3 Å². The minimum absolute atomic E-state index is 0.128. The van der Waals surface area contributed by atoms with Gasteiger partial charge in [-0.25, -0.2) is 0 Å². The third-order valence-corrected chi connectivity index (χ3v) is 4.72. The number of hydrogen-bond acceptors (Lipinski definition) is 4. The summed E-state index contributed by atoms with van der Waals surface area (Å²) >= 11 is 0. The summed E-state index contributed by atoms with van der Waals surface area (Å²) in [5.74, 6) is -0.196. The van der Waals surface area contributed by atoms with E-state index in [0.717, 1.165) is 17.3 Å². The summed E-state index contributed by atoms with van der Waals surface area (Å²) in [6.07, 6.45) is 2.37. The zero-order valence-corrected chi connectivity index (χ0v) is 15.9. The van der Waals surface area contributed by atoms with Gasteiger partial charge in [0.1, 0.15) is 5.52 Å². The van der Waals surface area contributed by atoms with Crippen LogP contribution in [0.4, 0.5) is 0 Å². The highest BCUT2D eigenvalue weighted by molar-refractivity contribution is 6.17. The van der Waals surface area contributed by atoms with Crippen LogP contribution in [0.2, 0.25) is 0 Å². The van der Waals surface area contributed by atoms with Gasteiger partial charge in [-0.2, -0.15) is 0 Å². The molecule has 7 nitrogen and oxygen atoms in total. The molecule has 0 saturated carbocycles. The number of pyridine rings is 1. The number of methoxy groups -OCH3 is 2. The van der Waals surface area contributed by atoms with Crippen LogP contribution in [0.25, 0.3) is 21.8 Å². The smallest absolute Gasteiger partial charge is 0.275 e. The van der Waals surface area contributed by atoms with Crippen LogP contribution < -0.4 is 10.9 Å². The molecule has 0 saturated heterocycles. The van der Waals surface area contributed by atoms with Crippen LogP contribution in [0.1, 0.15) is 16.8 Å². The van der Waals surface area contributed by atoms with E-state index in [0.29, 0.717) is 42.8 Å². The third kappa shape index (κ3) is 3.61. The van der Waals surface area contributed by atoms with Gasteiger partial charge < -0.3 is 23.9 Å². The molecule has 0 spiro atoms. The molecule has 0 radical (unpaired) electrons. The lowest BCUT2D eigenvalue weighted by atomic mass is 10.1. The Morgan fingerprint density at radius 1 is 1.15 bits per heavy atom. The molecular formula is C20H25N3O4. The lowest BCUT2D eigenvalue weighted by Crippen LogP contribution is -2.29. The summed E-state index contributed by atoms with van der Waals surface area (Å²) in [5, 5.41) is 4.51. The van der Waals surface area contributed by atoms with Gasteiger partial charge in [-0.05, 0) is 12.5 Å². The SMILES string of the molecule is COCCCNC(=O)c1cn(CCOC)c(=O)c2c1c1ccccc1n2C. The fourth-order valence-electron chi connectivity index (χ4n) is 3.37. The average molecular weight is 371 g/mol. The fourth-order valence-corrected chi connectivity index (χ4v) is 3.37. The summed E-state index contributed by atoms with van der Waals surface area (Å²) in [6, 6.07) is 7.74. The van der Waals surface area contributed by atoms with Crippen LogP contribution in [0.5, 0.6) is 0 Å². The zero-order valence-electron chi connectivity index (χ0n) is 15.9. The number of carbonyl (C=O) groups excluding carboxylic acids is 1. The third-order valence-electron chi connectivity index (χ3n) is 4.72. The van der Waals surface area contributed by atoms with Crippen LogP contribution in [-0.4, -0.2) is 49.0 Å². The van der Waals surface area contributed by atoms with Crippen molar-refractivity contribution in [2.45, 2.75) is 13.0 Å². The van der Waals surface area contributed by atoms with Crippen LogP contribution in [-0.2, 0) is 23.1 Å². The number of rotatable bonds is 8. The van der Waals surface area contributed by atoms with Gasteiger partial charge in [-0.15, -0.1) is 0 Å². The van der Waals surface area contributed by atoms with Crippen LogP contribution in [0, 0.1) is 0 Å². The first-order valence-electron chi connectivity index (χ1n) is 8.96. The monoisotopic (exact) mass is 371 g/mol. The fraction of sp³-hybridized carbons (Fsp3) is 0.400. The Labute approximate surface area is 157 Å². The summed E-state index contributed by atoms with van der Waals surface area (Å²) in [6.45, 7) is 1.87. The average Bonchev–Trinajstić information content (AvgIpc) is 2.98. The van der Waals surface area contributed by atoms with Gasteiger partial charge in [0.25, 0.3) is 11.5 Å². The quantitative estimate of drug-likeness (QED) is 0.614. The number of ether oxygens (including phenoxy) is 2. The van der Waals surface area contributed by atoms with E-state index >= 15 is 0 Å². The van der Waals surface area contributed by atoms with Crippen LogP contribution in [0.3, 0.4) is 0 Å². The molecular weight excluding hydrogens is 346 g/mol. The summed E-state index contributed by atoms with van der Waals surface area (Å²) < 4.78 is 13.5. The molecule has 7 heteroatoms. The minimum Gasteiger partial charge on any atom is -0.385 e. The molecule has 0 aliphatic heterocycles. The molecule has 2 heterocycles. The number of aromatic nitrogens is 2. The molecule has 0 aliphatic rings. The summed E-state index contributed by atoms with van der Waals surface area (Å²) in [7, 11) is 5.07. The van der Waals surface area contributed by atoms with E-state index in [1.54, 1.807) is 25.0 Å². The lowest BCUT2D eigenvalue weighted by Gasteiger charge is -2.11. The maximum atomic E-state index is 13.0. The van der Waals surface area contributed by atoms with E-state index in [2.05, 4.69) is 5.32 Å². The Bertz CT molecular complexity index is 1020. The molecule has 0 fully saturated rings. The van der Waals surface area contributed by atoms with Crippen molar-refractivity contribution in [1.82, 2.24) is 14.5 Å². The number of amides is 1. The van der Waals surface area contributed by atoms with Gasteiger partial charge in [-0.3, -0.25) is 9.59 Å². The highest BCUT2D eigenvalue weighted by Crippen LogP contribution is 2.28. The molecule has 0 aliphatic carbocycles. The number of aryl methyl sites for hydroxylation is 1. The van der Waals surface area contributed by atoms with E-state index in [4.69, 9.17) is 9.47 Å². The summed E-state index contributed by atoms with van der Waals surface area (Å²) in [5.41, 5.74) is 1.81. The first-order chi connectivity index (χ1) is 13.1. The van der Waals surface area contributed by atoms with E-state index < -0.39 is 0 Å². The molecule has 2 aromatic heterocycles. The Morgan fingerprint density at radius 2 is 1.89 bits per heavy atom. The Morgan fingerprint density at radius 3 is 2.63 bits per heavy atom. The number of carbonyl (C=O) groups is 1. The minimum atomic E-state index is -0.196. The van der Waals surface area contributed by atoms with Crippen molar-refractivity contribution in [2.24, 2.45) is 7.05 Å². The second-order valence-corrected chi connectivity index (χ2v) is 6.44. The van der Waals surface area contributed by atoms with Gasteiger partial charge in [0.15, 0.2) is 0 Å². The molecule has 1 aromatic carbocycles. The Balaban J connectivity index is 2.17. The first-order valence-corrected chi connectivity index (χ1v) is 8.96. The van der Waals surface area contributed by atoms with E-state index in [1.807, 2.05) is 35.9 Å².